The smallest absolute Gasteiger partial charge is 0.410 e. The molecule has 0 unspecified atom stereocenters. The van der Waals surface area contributed by atoms with Crippen LogP contribution in [0.4, 0.5) is 13.6 Å². The van der Waals surface area contributed by atoms with E-state index in [0.29, 0.717) is 0 Å². The number of carbonyl (C=O) groups is 2. The molecule has 5 nitrogen and oxygen atoms in total. The minimum atomic E-state index is -3.02. The van der Waals surface area contributed by atoms with Gasteiger partial charge in [-0.05, 0) is 52.9 Å². The van der Waals surface area contributed by atoms with Crippen molar-refractivity contribution in [1.82, 2.24) is 4.90 Å². The van der Waals surface area contributed by atoms with E-state index in [4.69, 9.17) is 9.84 Å². The van der Waals surface area contributed by atoms with Gasteiger partial charge >= 0.3 is 12.1 Å². The van der Waals surface area contributed by atoms with Crippen LogP contribution in [0, 0.1) is 11.3 Å². The lowest BCUT2D eigenvalue weighted by Gasteiger charge is -2.50. The van der Waals surface area contributed by atoms with Crippen molar-refractivity contribution in [2.45, 2.75) is 64.4 Å². The number of ether oxygens (including phenoxy) is 1. The molecule has 2 aliphatic rings. The van der Waals surface area contributed by atoms with Crippen molar-refractivity contribution in [3.63, 3.8) is 0 Å². The van der Waals surface area contributed by atoms with Gasteiger partial charge < -0.3 is 14.7 Å². The van der Waals surface area contributed by atoms with E-state index in [1.165, 1.54) is 0 Å². The highest BCUT2D eigenvalue weighted by atomic mass is 19.3. The number of hydrogen-bond donors (Lipinski definition) is 1. The molecule has 1 spiro atoms. The zero-order chi connectivity index (χ0) is 17.5. The van der Waals surface area contributed by atoms with E-state index in [0.717, 1.165) is 4.90 Å². The SMILES string of the molecule is CC(C)(C)OC(=O)N1CCC2(CCC(C(=O)O)CC2)C(F)(F)C1. The Balaban J connectivity index is 2.03. The van der Waals surface area contributed by atoms with Gasteiger partial charge in [-0.3, -0.25) is 4.79 Å². The number of alkyl halides is 2. The third-order valence-electron chi connectivity index (χ3n) is 4.97. The molecule has 1 N–H and O–H groups in total. The number of hydrogen-bond acceptors (Lipinski definition) is 3. The highest BCUT2D eigenvalue weighted by Crippen LogP contribution is 2.54. The molecule has 1 aliphatic heterocycles. The van der Waals surface area contributed by atoms with Gasteiger partial charge in [0.2, 0.25) is 0 Å². The van der Waals surface area contributed by atoms with E-state index in [1.807, 2.05) is 0 Å². The molecule has 7 heteroatoms. The fraction of sp³-hybridized carbons (Fsp3) is 0.875. The number of amides is 1. The number of aliphatic carboxylic acids is 1. The summed E-state index contributed by atoms with van der Waals surface area (Å²) in [5.74, 6) is -4.46. The lowest BCUT2D eigenvalue weighted by Crippen LogP contribution is -2.58. The summed E-state index contributed by atoms with van der Waals surface area (Å²) < 4.78 is 34.6. The van der Waals surface area contributed by atoms with Gasteiger partial charge in [-0.25, -0.2) is 13.6 Å². The number of carboxylic acids is 1. The highest BCUT2D eigenvalue weighted by molar-refractivity contribution is 5.70. The van der Waals surface area contributed by atoms with Crippen LogP contribution in [0.3, 0.4) is 0 Å². The maximum atomic E-state index is 14.7. The van der Waals surface area contributed by atoms with Crippen molar-refractivity contribution in [2.24, 2.45) is 11.3 Å². The van der Waals surface area contributed by atoms with E-state index >= 15 is 0 Å². The molecule has 2 rings (SSSR count). The average molecular weight is 333 g/mol. The molecule has 0 aromatic heterocycles. The molecular formula is C16H25F2NO4. The van der Waals surface area contributed by atoms with Gasteiger partial charge in [0, 0.05) is 12.0 Å². The predicted molar refractivity (Wildman–Crippen MR) is 79.4 cm³/mol. The zero-order valence-corrected chi connectivity index (χ0v) is 13.9. The van der Waals surface area contributed by atoms with Crippen LogP contribution in [0.15, 0.2) is 0 Å². The van der Waals surface area contributed by atoms with Gasteiger partial charge in [-0.15, -0.1) is 0 Å². The van der Waals surface area contributed by atoms with Crippen LogP contribution in [0.5, 0.6) is 0 Å². The van der Waals surface area contributed by atoms with E-state index in [9.17, 15) is 18.4 Å². The van der Waals surface area contributed by atoms with Gasteiger partial charge in [0.1, 0.15) is 5.60 Å². The molecule has 1 saturated heterocycles. The van der Waals surface area contributed by atoms with Crippen molar-refractivity contribution in [2.75, 3.05) is 13.1 Å². The quantitative estimate of drug-likeness (QED) is 0.797. The van der Waals surface area contributed by atoms with Crippen LogP contribution in [-0.2, 0) is 9.53 Å². The fourth-order valence-corrected chi connectivity index (χ4v) is 3.53. The number of piperidine rings is 1. The summed E-state index contributed by atoms with van der Waals surface area (Å²) in [6, 6.07) is 0. The Kier molecular flexibility index (Phi) is 4.61. The van der Waals surface area contributed by atoms with Crippen LogP contribution in [0.2, 0.25) is 0 Å². The topological polar surface area (TPSA) is 66.8 Å². The monoisotopic (exact) mass is 333 g/mol. The standard InChI is InChI=1S/C16H25F2NO4/c1-14(2,3)23-13(22)19-9-8-15(16(17,18)10-19)6-4-11(5-7-15)12(20)21/h11H,4-10H2,1-3H3,(H,20,21). The largest absolute Gasteiger partial charge is 0.481 e. The summed E-state index contributed by atoms with van der Waals surface area (Å²) >= 11 is 0. The second kappa shape index (κ2) is 5.91. The maximum absolute atomic E-state index is 14.7. The van der Waals surface area contributed by atoms with Crippen LogP contribution >= 0.6 is 0 Å². The molecule has 1 aliphatic carbocycles. The highest BCUT2D eigenvalue weighted by Gasteiger charge is 2.58. The predicted octanol–water partition coefficient (Wildman–Crippen LogP) is 3.52. The normalized spacial score (nSPS) is 31.0. The molecule has 0 atom stereocenters. The Morgan fingerprint density at radius 1 is 1.17 bits per heavy atom. The lowest BCUT2D eigenvalue weighted by molar-refractivity contribution is -0.185. The van der Waals surface area contributed by atoms with Gasteiger partial charge in [-0.2, -0.15) is 0 Å². The van der Waals surface area contributed by atoms with Crippen molar-refractivity contribution >= 4 is 12.1 Å². The second-order valence-electron chi connectivity index (χ2n) is 7.75. The fourth-order valence-electron chi connectivity index (χ4n) is 3.53. The first-order valence-electron chi connectivity index (χ1n) is 8.04. The molecule has 0 aromatic carbocycles. The van der Waals surface area contributed by atoms with Crippen molar-refractivity contribution in [3.8, 4) is 0 Å². The second-order valence-corrected chi connectivity index (χ2v) is 7.75. The molecule has 23 heavy (non-hydrogen) atoms. The first-order valence-corrected chi connectivity index (χ1v) is 8.04. The number of rotatable bonds is 1. The van der Waals surface area contributed by atoms with Crippen LogP contribution < -0.4 is 0 Å². The number of carboxylic acid groups (broad SMARTS) is 1. The summed E-state index contributed by atoms with van der Waals surface area (Å²) in [5.41, 5.74) is -1.90. The summed E-state index contributed by atoms with van der Waals surface area (Å²) in [7, 11) is 0. The molecule has 2 fully saturated rings. The zero-order valence-electron chi connectivity index (χ0n) is 13.9. The van der Waals surface area contributed by atoms with Crippen molar-refractivity contribution < 1.29 is 28.2 Å². The summed E-state index contributed by atoms with van der Waals surface area (Å²) in [6.45, 7) is 4.66. The Morgan fingerprint density at radius 2 is 1.74 bits per heavy atom. The molecule has 0 radical (unpaired) electrons. The molecule has 1 amide bonds. The Hall–Kier alpha value is -1.40. The van der Waals surface area contributed by atoms with Gasteiger partial charge in [-0.1, -0.05) is 0 Å². The number of nitrogens with zero attached hydrogens (tertiary/aromatic N) is 1. The van der Waals surface area contributed by atoms with Crippen LogP contribution in [0.25, 0.3) is 0 Å². The first-order chi connectivity index (χ1) is 10.5. The van der Waals surface area contributed by atoms with Gasteiger partial charge in [0.05, 0.1) is 12.5 Å². The van der Waals surface area contributed by atoms with E-state index in [1.54, 1.807) is 20.8 Å². The Morgan fingerprint density at radius 3 is 2.17 bits per heavy atom. The summed E-state index contributed by atoms with van der Waals surface area (Å²) in [6.07, 6.45) is 0.407. The molecule has 0 bridgehead atoms. The minimum Gasteiger partial charge on any atom is -0.481 e. The maximum Gasteiger partial charge on any atom is 0.410 e. The average Bonchev–Trinajstić information content (AvgIpc) is 2.40. The van der Waals surface area contributed by atoms with Crippen LogP contribution in [-0.4, -0.2) is 46.7 Å². The van der Waals surface area contributed by atoms with Crippen LogP contribution in [0.1, 0.15) is 52.9 Å². The van der Waals surface area contributed by atoms with Gasteiger partial charge in [0.25, 0.3) is 5.92 Å². The first kappa shape index (κ1) is 17.9. The number of carbonyl (C=O) groups excluding carboxylic acids is 1. The van der Waals surface area contributed by atoms with Gasteiger partial charge in [0.15, 0.2) is 0 Å². The van der Waals surface area contributed by atoms with Crippen molar-refractivity contribution in [1.29, 1.82) is 0 Å². The number of likely N-dealkylation sites (tertiary alicyclic amines) is 1. The third kappa shape index (κ3) is 3.75. The lowest BCUT2D eigenvalue weighted by atomic mass is 9.63. The molecule has 0 aromatic rings. The summed E-state index contributed by atoms with van der Waals surface area (Å²) in [4.78, 5) is 24.1. The Bertz CT molecular complexity index is 479. The van der Waals surface area contributed by atoms with Crippen molar-refractivity contribution in [3.05, 3.63) is 0 Å². The molecule has 1 saturated carbocycles. The number of halogens is 2. The van der Waals surface area contributed by atoms with E-state index in [-0.39, 0.29) is 38.6 Å². The molecule has 1 heterocycles. The minimum absolute atomic E-state index is 0.186. The molecular weight excluding hydrogens is 308 g/mol. The van der Waals surface area contributed by atoms with E-state index in [2.05, 4.69) is 0 Å². The molecule has 132 valence electrons. The Labute approximate surface area is 135 Å². The third-order valence-corrected chi connectivity index (χ3v) is 4.97. The van der Waals surface area contributed by atoms with E-state index < -0.39 is 41.5 Å². The summed E-state index contributed by atoms with van der Waals surface area (Å²) in [5, 5.41) is 9.02.